The van der Waals surface area contributed by atoms with E-state index >= 15 is 0 Å². The summed E-state index contributed by atoms with van der Waals surface area (Å²) < 4.78 is 28.0. The summed E-state index contributed by atoms with van der Waals surface area (Å²) in [6.07, 6.45) is 7.60. The number of carbonyl (C=O) groups excluding carboxylic acids is 1. The summed E-state index contributed by atoms with van der Waals surface area (Å²) in [6, 6.07) is 2.59. The Kier molecular flexibility index (Phi) is 4.10. The molecule has 2 aliphatic rings. The van der Waals surface area contributed by atoms with E-state index in [0.717, 1.165) is 25.2 Å². The van der Waals surface area contributed by atoms with Crippen LogP contribution in [0.5, 0.6) is 0 Å². The van der Waals surface area contributed by atoms with Crippen molar-refractivity contribution in [3.63, 3.8) is 0 Å². The molecule has 0 aliphatic heterocycles. The minimum atomic E-state index is -0.714. The van der Waals surface area contributed by atoms with Gasteiger partial charge in [-0.2, -0.15) is 0 Å². The fourth-order valence-corrected chi connectivity index (χ4v) is 4.20. The molecule has 3 unspecified atom stereocenters. The molecule has 0 amide bonds. The molecule has 0 bridgehead atoms. The quantitative estimate of drug-likeness (QED) is 0.696. The molecular formula is C18H22F2O. The van der Waals surface area contributed by atoms with Crippen LogP contribution in [0.3, 0.4) is 0 Å². The Labute approximate surface area is 124 Å². The maximum absolute atomic E-state index is 14.1. The van der Waals surface area contributed by atoms with Crippen molar-refractivity contribution in [2.24, 2.45) is 17.8 Å². The molecule has 0 radical (unpaired) electrons. The number of hydrogen-bond acceptors (Lipinski definition) is 1. The number of Topliss-reactive ketones (excluding diaryl/α,β-unsaturated/α-hetero) is 1. The molecule has 3 rings (SSSR count). The van der Waals surface area contributed by atoms with Gasteiger partial charge in [-0.05, 0) is 49.7 Å². The van der Waals surface area contributed by atoms with E-state index in [1.165, 1.54) is 37.8 Å². The molecule has 0 aromatic heterocycles. The highest BCUT2D eigenvalue weighted by Crippen LogP contribution is 2.43. The molecule has 114 valence electrons. The summed E-state index contributed by atoms with van der Waals surface area (Å²) in [7, 11) is 0. The predicted molar refractivity (Wildman–Crippen MR) is 78.2 cm³/mol. The normalized spacial score (nSPS) is 29.0. The topological polar surface area (TPSA) is 17.1 Å². The Bertz CT molecular complexity index is 552. The van der Waals surface area contributed by atoms with Crippen LogP contribution in [-0.2, 0) is 0 Å². The smallest absolute Gasteiger partial charge is 0.171 e. The van der Waals surface area contributed by atoms with Crippen molar-refractivity contribution in [2.75, 3.05) is 0 Å². The number of halogens is 2. The van der Waals surface area contributed by atoms with Gasteiger partial charge in [0.1, 0.15) is 11.6 Å². The van der Waals surface area contributed by atoms with Crippen LogP contribution in [0.25, 0.3) is 0 Å². The van der Waals surface area contributed by atoms with E-state index in [4.69, 9.17) is 0 Å². The van der Waals surface area contributed by atoms with E-state index in [9.17, 15) is 13.6 Å². The monoisotopic (exact) mass is 292 g/mol. The Morgan fingerprint density at radius 2 is 1.76 bits per heavy atom. The Balaban J connectivity index is 1.81. The number of hydrogen-bond donors (Lipinski definition) is 0. The third-order valence-electron chi connectivity index (χ3n) is 5.44. The fraction of sp³-hybridized carbons (Fsp3) is 0.611. The molecule has 2 saturated carbocycles. The van der Waals surface area contributed by atoms with Crippen molar-refractivity contribution >= 4 is 5.78 Å². The standard InChI is InChI=1S/C18H22F2O/c1-11-6-9-15(19)16(17(11)20)18(21)14-8-7-12-4-2-3-5-13(12)10-14/h6,9,12-14H,2-5,7-8,10H2,1H3. The first-order valence-electron chi connectivity index (χ1n) is 8.06. The van der Waals surface area contributed by atoms with Gasteiger partial charge in [0, 0.05) is 5.92 Å². The van der Waals surface area contributed by atoms with Crippen molar-refractivity contribution in [3.05, 3.63) is 34.9 Å². The van der Waals surface area contributed by atoms with Crippen molar-refractivity contribution in [1.82, 2.24) is 0 Å². The van der Waals surface area contributed by atoms with Crippen LogP contribution in [0.4, 0.5) is 8.78 Å². The van der Waals surface area contributed by atoms with Gasteiger partial charge in [-0.1, -0.05) is 31.7 Å². The number of ketones is 1. The van der Waals surface area contributed by atoms with Crippen LogP contribution in [0.2, 0.25) is 0 Å². The number of aryl methyl sites for hydroxylation is 1. The van der Waals surface area contributed by atoms with Crippen molar-refractivity contribution < 1.29 is 13.6 Å². The van der Waals surface area contributed by atoms with Crippen LogP contribution >= 0.6 is 0 Å². The van der Waals surface area contributed by atoms with E-state index in [-0.39, 0.29) is 17.3 Å². The molecule has 2 aliphatic carbocycles. The zero-order valence-electron chi connectivity index (χ0n) is 12.5. The van der Waals surface area contributed by atoms with Gasteiger partial charge in [0.25, 0.3) is 0 Å². The van der Waals surface area contributed by atoms with Crippen molar-refractivity contribution in [1.29, 1.82) is 0 Å². The first-order valence-corrected chi connectivity index (χ1v) is 8.06. The Morgan fingerprint density at radius 3 is 2.52 bits per heavy atom. The van der Waals surface area contributed by atoms with E-state index in [1.54, 1.807) is 6.92 Å². The maximum Gasteiger partial charge on any atom is 0.171 e. The molecule has 3 atom stereocenters. The summed E-state index contributed by atoms with van der Waals surface area (Å²) >= 11 is 0. The van der Waals surface area contributed by atoms with Crippen LogP contribution < -0.4 is 0 Å². The second-order valence-electron chi connectivity index (χ2n) is 6.73. The first kappa shape index (κ1) is 14.7. The van der Waals surface area contributed by atoms with Gasteiger partial charge < -0.3 is 0 Å². The van der Waals surface area contributed by atoms with Gasteiger partial charge in [-0.15, -0.1) is 0 Å². The minimum Gasteiger partial charge on any atom is -0.294 e. The average Bonchev–Trinajstić information content (AvgIpc) is 2.51. The largest absolute Gasteiger partial charge is 0.294 e. The molecule has 0 heterocycles. The molecule has 1 nitrogen and oxygen atoms in total. The molecular weight excluding hydrogens is 270 g/mol. The molecule has 0 N–H and O–H groups in total. The lowest BCUT2D eigenvalue weighted by Gasteiger charge is -2.38. The molecule has 0 saturated heterocycles. The molecule has 0 spiro atoms. The number of fused-ring (bicyclic) bond motifs is 1. The molecule has 1 aromatic rings. The van der Waals surface area contributed by atoms with Crippen LogP contribution in [0.1, 0.15) is 60.9 Å². The lowest BCUT2D eigenvalue weighted by molar-refractivity contribution is 0.0755. The van der Waals surface area contributed by atoms with Crippen LogP contribution in [0.15, 0.2) is 12.1 Å². The van der Waals surface area contributed by atoms with Crippen LogP contribution in [-0.4, -0.2) is 5.78 Å². The molecule has 3 heteroatoms. The number of rotatable bonds is 2. The molecule has 1 aromatic carbocycles. The van der Waals surface area contributed by atoms with Gasteiger partial charge in [0.15, 0.2) is 5.78 Å². The summed E-state index contributed by atoms with van der Waals surface area (Å²) in [5.74, 6) is -0.597. The summed E-state index contributed by atoms with van der Waals surface area (Å²) in [6.45, 7) is 1.57. The minimum absolute atomic E-state index is 0.199. The van der Waals surface area contributed by atoms with Gasteiger partial charge in [0.05, 0.1) is 5.56 Å². The van der Waals surface area contributed by atoms with Crippen molar-refractivity contribution in [3.8, 4) is 0 Å². The van der Waals surface area contributed by atoms with Gasteiger partial charge in [0.2, 0.25) is 0 Å². The highest BCUT2D eigenvalue weighted by molar-refractivity contribution is 5.98. The Morgan fingerprint density at radius 1 is 1.05 bits per heavy atom. The van der Waals surface area contributed by atoms with E-state index in [1.807, 2.05) is 0 Å². The number of carbonyl (C=O) groups is 1. The third kappa shape index (κ3) is 2.75. The highest BCUT2D eigenvalue weighted by Gasteiger charge is 2.36. The second-order valence-corrected chi connectivity index (χ2v) is 6.73. The van der Waals surface area contributed by atoms with E-state index in [0.29, 0.717) is 11.5 Å². The van der Waals surface area contributed by atoms with Gasteiger partial charge >= 0.3 is 0 Å². The predicted octanol–water partition coefficient (Wildman–Crippen LogP) is 5.06. The maximum atomic E-state index is 14.1. The lowest BCUT2D eigenvalue weighted by atomic mass is 9.66. The first-order chi connectivity index (χ1) is 10.1. The highest BCUT2D eigenvalue weighted by atomic mass is 19.1. The zero-order chi connectivity index (χ0) is 15.0. The summed E-state index contributed by atoms with van der Waals surface area (Å²) in [5, 5.41) is 0. The van der Waals surface area contributed by atoms with Gasteiger partial charge in [-0.3, -0.25) is 4.79 Å². The second kappa shape index (κ2) is 5.86. The Hall–Kier alpha value is -1.25. The summed E-state index contributed by atoms with van der Waals surface area (Å²) in [5.41, 5.74) is 0.0281. The average molecular weight is 292 g/mol. The van der Waals surface area contributed by atoms with Gasteiger partial charge in [-0.25, -0.2) is 8.78 Å². The van der Waals surface area contributed by atoms with Crippen molar-refractivity contribution in [2.45, 2.75) is 51.9 Å². The summed E-state index contributed by atoms with van der Waals surface area (Å²) in [4.78, 5) is 12.6. The molecule has 2 fully saturated rings. The third-order valence-corrected chi connectivity index (χ3v) is 5.44. The van der Waals surface area contributed by atoms with E-state index in [2.05, 4.69) is 0 Å². The zero-order valence-corrected chi connectivity index (χ0v) is 12.5. The lowest BCUT2D eigenvalue weighted by Crippen LogP contribution is -2.32. The molecule has 21 heavy (non-hydrogen) atoms. The SMILES string of the molecule is Cc1ccc(F)c(C(=O)C2CCC3CCCCC3C2)c1F. The fourth-order valence-electron chi connectivity index (χ4n) is 4.20. The number of benzene rings is 1. The van der Waals surface area contributed by atoms with Crippen LogP contribution in [0, 0.1) is 36.3 Å². The van der Waals surface area contributed by atoms with E-state index < -0.39 is 11.6 Å².